The Labute approximate surface area is 43.1 Å². The predicted molar refractivity (Wildman–Crippen MR) is 27.9 cm³/mol. The van der Waals surface area contributed by atoms with Crippen LogP contribution < -0.4 is 0 Å². The van der Waals surface area contributed by atoms with E-state index in [1.54, 1.807) is 0 Å². The zero-order valence-corrected chi connectivity index (χ0v) is 4.83. The van der Waals surface area contributed by atoms with Gasteiger partial charge in [-0.2, -0.15) is 0 Å². The molecule has 0 aromatic rings. The molecule has 1 saturated heterocycles. The first-order valence-corrected chi connectivity index (χ1v) is 2.48. The van der Waals surface area contributed by atoms with Crippen LogP contribution in [0, 0.1) is 0 Å². The monoisotopic (exact) mass is 104 g/mol. The first kappa shape index (κ1) is 4.47. The fourth-order valence-corrected chi connectivity index (χ4v) is 0.482. The lowest BCUT2D eigenvalue weighted by atomic mass is 10.4. The van der Waals surface area contributed by atoms with Gasteiger partial charge in [0, 0.05) is 0 Å². The second-order valence-electron chi connectivity index (χ2n) is 1.81. The third-order valence-electron chi connectivity index (χ3n) is 1.11. The summed E-state index contributed by atoms with van der Waals surface area (Å²) in [7, 11) is 0. The highest BCUT2D eigenvalue weighted by Crippen LogP contribution is 2.38. The maximum absolute atomic E-state index is 4.97. The van der Waals surface area contributed by atoms with Crippen LogP contribution in [0.1, 0.15) is 13.8 Å². The van der Waals surface area contributed by atoms with Crippen molar-refractivity contribution in [3.05, 3.63) is 0 Å². The van der Waals surface area contributed by atoms with Gasteiger partial charge in [-0.25, -0.2) is 0 Å². The van der Waals surface area contributed by atoms with Crippen molar-refractivity contribution in [3.8, 4) is 0 Å². The standard InChI is InChI=1S/C4H8OS/c1-3-4(2,6)5-3/h3,6H,1-2H3. The molecule has 0 aromatic heterocycles. The van der Waals surface area contributed by atoms with Gasteiger partial charge >= 0.3 is 0 Å². The summed E-state index contributed by atoms with van der Waals surface area (Å²) in [5.74, 6) is 0. The smallest absolute Gasteiger partial charge is 0.134 e. The summed E-state index contributed by atoms with van der Waals surface area (Å²) >= 11 is 4.11. The zero-order valence-electron chi connectivity index (χ0n) is 3.93. The second-order valence-corrected chi connectivity index (χ2v) is 2.70. The van der Waals surface area contributed by atoms with Gasteiger partial charge in [0.2, 0.25) is 0 Å². The molecular formula is C4H8OS. The first-order chi connectivity index (χ1) is 2.63. The van der Waals surface area contributed by atoms with Crippen molar-refractivity contribution in [1.82, 2.24) is 0 Å². The van der Waals surface area contributed by atoms with Crippen molar-refractivity contribution in [2.24, 2.45) is 0 Å². The molecule has 1 heterocycles. The second kappa shape index (κ2) is 0.928. The maximum Gasteiger partial charge on any atom is 0.134 e. The van der Waals surface area contributed by atoms with E-state index in [9.17, 15) is 0 Å². The van der Waals surface area contributed by atoms with E-state index in [1.165, 1.54) is 0 Å². The summed E-state index contributed by atoms with van der Waals surface area (Å²) in [4.78, 5) is -0.0972. The van der Waals surface area contributed by atoms with E-state index in [1.807, 2.05) is 13.8 Å². The van der Waals surface area contributed by atoms with Crippen molar-refractivity contribution in [2.45, 2.75) is 24.9 Å². The molecule has 6 heavy (non-hydrogen) atoms. The SMILES string of the molecule is CC1OC1(C)S. The minimum absolute atomic E-state index is 0.0972. The molecular weight excluding hydrogens is 96.1 g/mol. The Bertz CT molecular complexity index is 69.9. The van der Waals surface area contributed by atoms with E-state index in [4.69, 9.17) is 4.74 Å². The Kier molecular flexibility index (Phi) is 0.691. The molecule has 0 N–H and O–H groups in total. The molecule has 2 atom stereocenters. The van der Waals surface area contributed by atoms with E-state index in [2.05, 4.69) is 12.6 Å². The third kappa shape index (κ3) is 0.545. The van der Waals surface area contributed by atoms with Gasteiger partial charge in [0.05, 0.1) is 6.10 Å². The number of hydrogen-bond acceptors (Lipinski definition) is 2. The van der Waals surface area contributed by atoms with Gasteiger partial charge in [-0.1, -0.05) is 0 Å². The van der Waals surface area contributed by atoms with Crippen LogP contribution in [0.15, 0.2) is 0 Å². The first-order valence-electron chi connectivity index (χ1n) is 2.03. The molecule has 0 radical (unpaired) electrons. The van der Waals surface area contributed by atoms with Crippen molar-refractivity contribution < 1.29 is 4.74 Å². The summed E-state index contributed by atoms with van der Waals surface area (Å²) < 4.78 is 4.97. The minimum Gasteiger partial charge on any atom is -0.355 e. The van der Waals surface area contributed by atoms with Gasteiger partial charge in [-0.15, -0.1) is 12.6 Å². The third-order valence-corrected chi connectivity index (χ3v) is 1.58. The molecule has 2 unspecified atom stereocenters. The van der Waals surface area contributed by atoms with Gasteiger partial charge in [-0.3, -0.25) is 0 Å². The van der Waals surface area contributed by atoms with Gasteiger partial charge in [0.15, 0.2) is 0 Å². The number of hydrogen-bond donors (Lipinski definition) is 1. The van der Waals surface area contributed by atoms with Gasteiger partial charge < -0.3 is 4.74 Å². The van der Waals surface area contributed by atoms with Crippen LogP contribution >= 0.6 is 12.6 Å². The van der Waals surface area contributed by atoms with Crippen LogP contribution in [0.2, 0.25) is 0 Å². The summed E-state index contributed by atoms with van der Waals surface area (Å²) in [5, 5.41) is 0. The summed E-state index contributed by atoms with van der Waals surface area (Å²) in [5.41, 5.74) is 0. The van der Waals surface area contributed by atoms with Crippen LogP contribution in [0.3, 0.4) is 0 Å². The predicted octanol–water partition coefficient (Wildman–Crippen LogP) is 1.05. The van der Waals surface area contributed by atoms with Crippen LogP contribution in [-0.4, -0.2) is 11.0 Å². The Balaban J connectivity index is 2.41. The minimum atomic E-state index is -0.0972. The fraction of sp³-hybridized carbons (Fsp3) is 1.00. The van der Waals surface area contributed by atoms with E-state index >= 15 is 0 Å². The van der Waals surface area contributed by atoms with Gasteiger partial charge in [0.1, 0.15) is 4.93 Å². The Hall–Kier alpha value is 0.310. The summed E-state index contributed by atoms with van der Waals surface area (Å²) in [6, 6.07) is 0. The molecule has 1 aliphatic heterocycles. The molecule has 1 aliphatic rings. The molecule has 1 fully saturated rings. The average Bonchev–Trinajstić information content (AvgIpc) is 1.73. The van der Waals surface area contributed by atoms with Crippen molar-refractivity contribution in [1.29, 1.82) is 0 Å². The lowest BCUT2D eigenvalue weighted by Gasteiger charge is -1.83. The highest BCUT2D eigenvalue weighted by atomic mass is 32.1. The molecule has 2 heteroatoms. The fourth-order valence-electron chi connectivity index (χ4n) is 0.324. The Morgan fingerprint density at radius 3 is 2.00 bits per heavy atom. The molecule has 0 aliphatic carbocycles. The normalized spacial score (nSPS) is 55.5. The van der Waals surface area contributed by atoms with E-state index in [0.29, 0.717) is 6.10 Å². The Morgan fingerprint density at radius 2 is 2.00 bits per heavy atom. The van der Waals surface area contributed by atoms with Crippen LogP contribution in [0.5, 0.6) is 0 Å². The van der Waals surface area contributed by atoms with E-state index in [0.717, 1.165) is 0 Å². The van der Waals surface area contributed by atoms with E-state index in [-0.39, 0.29) is 4.93 Å². The maximum atomic E-state index is 4.97. The Morgan fingerprint density at radius 1 is 1.83 bits per heavy atom. The van der Waals surface area contributed by atoms with Gasteiger partial charge in [0.25, 0.3) is 0 Å². The number of ether oxygens (including phenoxy) is 1. The molecule has 0 bridgehead atoms. The molecule has 0 spiro atoms. The zero-order chi connectivity index (χ0) is 4.78. The molecule has 1 rings (SSSR count). The number of thiol groups is 1. The van der Waals surface area contributed by atoms with Gasteiger partial charge in [-0.05, 0) is 13.8 Å². The average molecular weight is 104 g/mol. The summed E-state index contributed by atoms with van der Waals surface area (Å²) in [6.45, 7) is 3.97. The lowest BCUT2D eigenvalue weighted by Crippen LogP contribution is -1.92. The van der Waals surface area contributed by atoms with Crippen LogP contribution in [0.4, 0.5) is 0 Å². The van der Waals surface area contributed by atoms with Crippen molar-refractivity contribution in [2.75, 3.05) is 0 Å². The van der Waals surface area contributed by atoms with E-state index < -0.39 is 0 Å². The molecule has 1 nitrogen and oxygen atoms in total. The highest BCUT2D eigenvalue weighted by molar-refractivity contribution is 7.82. The van der Waals surface area contributed by atoms with Crippen molar-refractivity contribution in [3.63, 3.8) is 0 Å². The number of rotatable bonds is 0. The molecule has 0 saturated carbocycles. The number of epoxide rings is 1. The molecule has 36 valence electrons. The summed E-state index contributed by atoms with van der Waals surface area (Å²) in [6.07, 6.45) is 0.362. The van der Waals surface area contributed by atoms with Crippen LogP contribution in [-0.2, 0) is 4.74 Å². The molecule has 0 aromatic carbocycles. The largest absolute Gasteiger partial charge is 0.355 e. The quantitative estimate of drug-likeness (QED) is 0.358. The van der Waals surface area contributed by atoms with Crippen molar-refractivity contribution >= 4 is 12.6 Å². The van der Waals surface area contributed by atoms with Crippen LogP contribution in [0.25, 0.3) is 0 Å². The topological polar surface area (TPSA) is 12.5 Å². The highest BCUT2D eigenvalue weighted by Gasteiger charge is 2.45. The molecule has 0 amide bonds. The lowest BCUT2D eigenvalue weighted by molar-refractivity contribution is 0.374.